The lowest BCUT2D eigenvalue weighted by Crippen LogP contribution is -2.44. The van der Waals surface area contributed by atoms with Gasteiger partial charge in [0.1, 0.15) is 17.6 Å². The van der Waals surface area contributed by atoms with Crippen LogP contribution in [0.5, 0.6) is 5.75 Å². The Kier molecular flexibility index (Phi) is 6.50. The quantitative estimate of drug-likeness (QED) is 0.431. The van der Waals surface area contributed by atoms with Crippen LogP contribution in [0.1, 0.15) is 5.56 Å². The molecule has 0 radical (unpaired) electrons. The highest BCUT2D eigenvalue weighted by Crippen LogP contribution is 2.24. The maximum absolute atomic E-state index is 12.2. The molecule has 1 amide bonds. The summed E-state index contributed by atoms with van der Waals surface area (Å²) in [6, 6.07) is 23.7. The Bertz CT molecular complexity index is 1330. The van der Waals surface area contributed by atoms with Gasteiger partial charge in [-0.1, -0.05) is 48.5 Å². The second kappa shape index (κ2) is 9.82. The minimum Gasteiger partial charge on any atom is -0.484 e. The Balaban J connectivity index is 1.37. The topological polar surface area (TPSA) is 106 Å². The van der Waals surface area contributed by atoms with Gasteiger partial charge in [-0.25, -0.2) is 9.59 Å². The second-order valence-corrected chi connectivity index (χ2v) is 7.45. The minimum atomic E-state index is -1.12. The molecule has 4 aromatic rings. The highest BCUT2D eigenvalue weighted by Gasteiger charge is 2.20. The normalized spacial score (nSPS) is 11.6. The lowest BCUT2D eigenvalue weighted by Gasteiger charge is -2.15. The summed E-state index contributed by atoms with van der Waals surface area (Å²) in [6.07, 6.45) is 0.174. The molecule has 7 heteroatoms. The van der Waals surface area contributed by atoms with Gasteiger partial charge in [0.25, 0.3) is 5.91 Å². The molecule has 0 bridgehead atoms. The monoisotopic (exact) mass is 443 g/mol. The first kappa shape index (κ1) is 21.8. The number of carboxylic acid groups (broad SMARTS) is 1. The van der Waals surface area contributed by atoms with Gasteiger partial charge in [-0.3, -0.25) is 4.79 Å². The highest BCUT2D eigenvalue weighted by atomic mass is 16.5. The number of ether oxygens (including phenoxy) is 1. The molecule has 4 rings (SSSR count). The molecule has 1 atom stereocenters. The van der Waals surface area contributed by atoms with Crippen molar-refractivity contribution in [3.05, 3.63) is 101 Å². The summed E-state index contributed by atoms with van der Waals surface area (Å²) in [4.78, 5) is 35.9. The van der Waals surface area contributed by atoms with Crippen LogP contribution in [0, 0.1) is 0 Å². The molecule has 7 nitrogen and oxygen atoms in total. The number of hydrogen-bond acceptors (Lipinski definition) is 5. The molecule has 166 valence electrons. The van der Waals surface area contributed by atoms with E-state index in [1.54, 1.807) is 54.6 Å². The number of aliphatic carboxylic acids is 1. The van der Waals surface area contributed by atoms with Crippen molar-refractivity contribution in [1.29, 1.82) is 0 Å². The Morgan fingerprint density at radius 3 is 2.36 bits per heavy atom. The summed E-state index contributed by atoms with van der Waals surface area (Å²) in [6.45, 7) is -0.330. The largest absolute Gasteiger partial charge is 0.484 e. The molecule has 0 saturated heterocycles. The number of carbonyl (C=O) groups excluding carboxylic acids is 1. The van der Waals surface area contributed by atoms with E-state index in [0.717, 1.165) is 10.9 Å². The third-order valence-corrected chi connectivity index (χ3v) is 5.09. The fourth-order valence-electron chi connectivity index (χ4n) is 3.43. The average Bonchev–Trinajstić information content (AvgIpc) is 2.83. The Morgan fingerprint density at radius 2 is 1.64 bits per heavy atom. The zero-order chi connectivity index (χ0) is 23.2. The number of hydrogen-bond donors (Lipinski definition) is 2. The minimum absolute atomic E-state index is 0.174. The van der Waals surface area contributed by atoms with Crippen LogP contribution in [0.2, 0.25) is 0 Å². The number of amides is 1. The fourth-order valence-corrected chi connectivity index (χ4v) is 3.43. The molecule has 0 saturated carbocycles. The van der Waals surface area contributed by atoms with Gasteiger partial charge in [0.2, 0.25) is 0 Å². The molecular formula is C26H21NO6. The first-order valence-corrected chi connectivity index (χ1v) is 10.3. The molecule has 1 heterocycles. The predicted molar refractivity (Wildman–Crippen MR) is 123 cm³/mol. The smallest absolute Gasteiger partial charge is 0.344 e. The standard InChI is InChI=1S/C26H21NO6/c28-24(27-22(25(29)30)14-17-6-2-1-3-7-17)16-32-20-12-10-18(11-13-20)23-15-19-8-4-5-9-21(19)26(31)33-23/h1-13,15,22H,14,16H2,(H,27,28)(H,29,30)/t22-/m0/s1. The summed E-state index contributed by atoms with van der Waals surface area (Å²) in [7, 11) is 0. The molecule has 2 N–H and O–H groups in total. The summed E-state index contributed by atoms with van der Waals surface area (Å²) >= 11 is 0. The molecule has 0 unspecified atom stereocenters. The molecule has 0 spiro atoms. The third-order valence-electron chi connectivity index (χ3n) is 5.09. The summed E-state index contributed by atoms with van der Waals surface area (Å²) in [5, 5.41) is 13.2. The molecular weight excluding hydrogens is 422 g/mol. The van der Waals surface area contributed by atoms with Crippen molar-refractivity contribution in [1.82, 2.24) is 5.32 Å². The van der Waals surface area contributed by atoms with Crippen LogP contribution >= 0.6 is 0 Å². The van der Waals surface area contributed by atoms with E-state index in [2.05, 4.69) is 5.32 Å². The number of carbonyl (C=O) groups is 2. The molecule has 0 aliphatic carbocycles. The van der Waals surface area contributed by atoms with Gasteiger partial charge in [0.05, 0.1) is 5.39 Å². The Morgan fingerprint density at radius 1 is 0.939 bits per heavy atom. The van der Waals surface area contributed by atoms with Crippen LogP contribution in [0.25, 0.3) is 22.1 Å². The first-order chi connectivity index (χ1) is 16.0. The number of benzene rings is 3. The van der Waals surface area contributed by atoms with E-state index in [9.17, 15) is 19.5 Å². The van der Waals surface area contributed by atoms with E-state index in [0.29, 0.717) is 22.5 Å². The Hall–Kier alpha value is -4.39. The van der Waals surface area contributed by atoms with Crippen molar-refractivity contribution in [2.45, 2.75) is 12.5 Å². The zero-order valence-electron chi connectivity index (χ0n) is 17.6. The molecule has 1 aromatic heterocycles. The Labute approximate surface area is 189 Å². The molecule has 3 aromatic carbocycles. The first-order valence-electron chi connectivity index (χ1n) is 10.3. The van der Waals surface area contributed by atoms with Gasteiger partial charge in [-0.2, -0.15) is 0 Å². The molecule has 0 fully saturated rings. The van der Waals surface area contributed by atoms with Crippen molar-refractivity contribution in [3.63, 3.8) is 0 Å². The lowest BCUT2D eigenvalue weighted by atomic mass is 10.1. The summed E-state index contributed by atoms with van der Waals surface area (Å²) in [5.74, 6) is -0.809. The average molecular weight is 443 g/mol. The summed E-state index contributed by atoms with van der Waals surface area (Å²) < 4.78 is 10.9. The van der Waals surface area contributed by atoms with E-state index >= 15 is 0 Å². The van der Waals surface area contributed by atoms with E-state index < -0.39 is 23.5 Å². The molecule has 0 aliphatic rings. The van der Waals surface area contributed by atoms with Crippen molar-refractivity contribution in [2.24, 2.45) is 0 Å². The maximum Gasteiger partial charge on any atom is 0.344 e. The van der Waals surface area contributed by atoms with E-state index in [1.165, 1.54) is 0 Å². The van der Waals surface area contributed by atoms with Crippen LogP contribution < -0.4 is 15.7 Å². The van der Waals surface area contributed by atoms with E-state index in [4.69, 9.17) is 9.15 Å². The van der Waals surface area contributed by atoms with Crippen LogP contribution in [0.3, 0.4) is 0 Å². The van der Waals surface area contributed by atoms with E-state index in [-0.39, 0.29) is 13.0 Å². The zero-order valence-corrected chi connectivity index (χ0v) is 17.6. The highest BCUT2D eigenvalue weighted by molar-refractivity contribution is 5.85. The number of nitrogens with one attached hydrogen (secondary N) is 1. The number of fused-ring (bicyclic) bond motifs is 1. The van der Waals surface area contributed by atoms with Gasteiger partial charge in [0, 0.05) is 12.0 Å². The van der Waals surface area contributed by atoms with Crippen molar-refractivity contribution < 1.29 is 23.8 Å². The van der Waals surface area contributed by atoms with Gasteiger partial charge in [0.15, 0.2) is 6.61 Å². The number of rotatable bonds is 8. The van der Waals surface area contributed by atoms with Gasteiger partial charge in [-0.15, -0.1) is 0 Å². The lowest BCUT2D eigenvalue weighted by molar-refractivity contribution is -0.142. The van der Waals surface area contributed by atoms with Gasteiger partial charge in [-0.05, 0) is 47.3 Å². The number of carboxylic acids is 1. The maximum atomic E-state index is 12.2. The van der Waals surface area contributed by atoms with Crippen LogP contribution in [0.4, 0.5) is 0 Å². The van der Waals surface area contributed by atoms with Crippen LogP contribution in [-0.4, -0.2) is 29.6 Å². The third kappa shape index (κ3) is 5.46. The van der Waals surface area contributed by atoms with E-state index in [1.807, 2.05) is 30.3 Å². The van der Waals surface area contributed by atoms with Crippen molar-refractivity contribution >= 4 is 22.6 Å². The molecule has 33 heavy (non-hydrogen) atoms. The van der Waals surface area contributed by atoms with Crippen LogP contribution in [-0.2, 0) is 16.0 Å². The van der Waals surface area contributed by atoms with Gasteiger partial charge >= 0.3 is 11.6 Å². The van der Waals surface area contributed by atoms with Crippen LogP contribution in [0.15, 0.2) is 94.1 Å². The van der Waals surface area contributed by atoms with Crippen molar-refractivity contribution in [2.75, 3.05) is 6.61 Å². The van der Waals surface area contributed by atoms with Crippen molar-refractivity contribution in [3.8, 4) is 17.1 Å². The summed E-state index contributed by atoms with van der Waals surface area (Å²) in [5.41, 5.74) is 1.08. The SMILES string of the molecule is O=C(COc1ccc(-c2cc3ccccc3c(=O)o2)cc1)N[C@@H](Cc1ccccc1)C(=O)O. The fraction of sp³-hybridized carbons (Fsp3) is 0.115. The second-order valence-electron chi connectivity index (χ2n) is 7.45. The van der Waals surface area contributed by atoms with Gasteiger partial charge < -0.3 is 19.6 Å². The predicted octanol–water partition coefficient (Wildman–Crippen LogP) is 3.65. The molecule has 0 aliphatic heterocycles.